The van der Waals surface area contributed by atoms with Gasteiger partial charge in [0.05, 0.1) is 0 Å². The zero-order chi connectivity index (χ0) is 19.1. The molecule has 0 aliphatic rings. The Bertz CT molecular complexity index is 1050. The summed E-state index contributed by atoms with van der Waals surface area (Å²) in [5.74, 6) is 0. The third-order valence-corrected chi connectivity index (χ3v) is 4.52. The van der Waals surface area contributed by atoms with E-state index in [1.807, 2.05) is 0 Å². The first-order valence-corrected chi connectivity index (χ1v) is 9.07. The molecular formula is C26H24O. The zero-order valence-corrected chi connectivity index (χ0v) is 15.8. The highest BCUT2D eigenvalue weighted by Crippen LogP contribution is 2.22. The number of aryl methyl sites for hydroxylation is 1. The summed E-state index contributed by atoms with van der Waals surface area (Å²) in [6.45, 7) is 2.12. The minimum absolute atomic E-state index is 1.00. The van der Waals surface area contributed by atoms with Crippen LogP contribution < -0.4 is 0 Å². The summed E-state index contributed by atoms with van der Waals surface area (Å²) < 4.78 is 0. The molecule has 1 nitrogen and oxygen atoms in total. The summed E-state index contributed by atoms with van der Waals surface area (Å²) in [5, 5.41) is 14.9. The predicted molar refractivity (Wildman–Crippen MR) is 118 cm³/mol. The van der Waals surface area contributed by atoms with Crippen molar-refractivity contribution in [2.24, 2.45) is 0 Å². The molecular weight excluding hydrogens is 328 g/mol. The maximum atomic E-state index is 7.00. The molecule has 0 aliphatic carbocycles. The average Bonchev–Trinajstić information content (AvgIpc) is 2.74. The lowest BCUT2D eigenvalue weighted by Crippen LogP contribution is -1.74. The van der Waals surface area contributed by atoms with Crippen LogP contribution in [0.15, 0.2) is 103 Å². The first kappa shape index (κ1) is 18.6. The molecule has 0 aromatic heterocycles. The van der Waals surface area contributed by atoms with Crippen molar-refractivity contribution in [3.8, 4) is 0 Å². The number of hydrogen-bond donors (Lipinski definition) is 1. The molecule has 0 saturated heterocycles. The Hall–Kier alpha value is -3.16. The molecule has 0 unspecified atom stereocenters. The van der Waals surface area contributed by atoms with Gasteiger partial charge in [0, 0.05) is 7.11 Å². The third kappa shape index (κ3) is 4.52. The van der Waals surface area contributed by atoms with E-state index in [0.717, 1.165) is 7.11 Å². The number of aliphatic hydroxyl groups is 1. The van der Waals surface area contributed by atoms with Crippen LogP contribution in [0.2, 0.25) is 0 Å². The van der Waals surface area contributed by atoms with Gasteiger partial charge in [-0.15, -0.1) is 0 Å². The highest BCUT2D eigenvalue weighted by Gasteiger charge is 1.95. The summed E-state index contributed by atoms with van der Waals surface area (Å²) in [6.07, 6.45) is 0. The Labute approximate surface area is 160 Å². The molecule has 1 heteroatoms. The zero-order valence-electron chi connectivity index (χ0n) is 15.8. The van der Waals surface area contributed by atoms with E-state index in [2.05, 4.69) is 110 Å². The van der Waals surface area contributed by atoms with E-state index in [-0.39, 0.29) is 0 Å². The van der Waals surface area contributed by atoms with E-state index < -0.39 is 0 Å². The van der Waals surface area contributed by atoms with Crippen molar-refractivity contribution >= 4 is 32.3 Å². The van der Waals surface area contributed by atoms with Gasteiger partial charge in [-0.25, -0.2) is 0 Å². The van der Waals surface area contributed by atoms with Crippen LogP contribution in [0.1, 0.15) is 5.56 Å². The SMILES string of the molecule is CO.Cc1ccc2ccccc2c1.c1ccc2cc3ccccc3cc2c1. The van der Waals surface area contributed by atoms with Gasteiger partial charge in [0.1, 0.15) is 0 Å². The standard InChI is InChI=1S/C14H10.C11H10.CH4O/c1-2-6-12-10-14-8-4-3-7-13(14)9-11(12)5-1;1-9-6-7-10-4-2-3-5-11(10)8-9;1-2/h1-10H;2-8H,1H3;2H,1H3. The fourth-order valence-electron chi connectivity index (χ4n) is 3.19. The van der Waals surface area contributed by atoms with Crippen LogP contribution in [0.25, 0.3) is 32.3 Å². The van der Waals surface area contributed by atoms with Gasteiger partial charge in [0.25, 0.3) is 0 Å². The quantitative estimate of drug-likeness (QED) is 0.306. The molecule has 0 aliphatic heterocycles. The van der Waals surface area contributed by atoms with E-state index in [0.29, 0.717) is 0 Å². The van der Waals surface area contributed by atoms with Gasteiger partial charge in [0.15, 0.2) is 0 Å². The Morgan fingerprint density at radius 1 is 0.407 bits per heavy atom. The van der Waals surface area contributed by atoms with Crippen molar-refractivity contribution in [3.05, 3.63) is 109 Å². The molecule has 5 aromatic carbocycles. The predicted octanol–water partition coefficient (Wildman–Crippen LogP) is 6.75. The molecule has 0 spiro atoms. The first-order chi connectivity index (χ1) is 13.3. The number of benzene rings is 5. The van der Waals surface area contributed by atoms with Crippen LogP contribution in [0.3, 0.4) is 0 Å². The summed E-state index contributed by atoms with van der Waals surface area (Å²) in [6, 6.07) is 36.3. The smallest absolute Gasteiger partial charge is 0.0319 e. The third-order valence-electron chi connectivity index (χ3n) is 4.52. The lowest BCUT2D eigenvalue weighted by molar-refractivity contribution is 0.399. The highest BCUT2D eigenvalue weighted by atomic mass is 16.2. The summed E-state index contributed by atoms with van der Waals surface area (Å²) in [4.78, 5) is 0. The number of fused-ring (bicyclic) bond motifs is 3. The van der Waals surface area contributed by atoms with Crippen LogP contribution >= 0.6 is 0 Å². The molecule has 1 N–H and O–H groups in total. The Balaban J connectivity index is 0.000000147. The molecule has 5 rings (SSSR count). The first-order valence-electron chi connectivity index (χ1n) is 9.07. The molecule has 0 bridgehead atoms. The second kappa shape index (κ2) is 8.98. The summed E-state index contributed by atoms with van der Waals surface area (Å²) in [7, 11) is 1.00. The van der Waals surface area contributed by atoms with Gasteiger partial charge >= 0.3 is 0 Å². The van der Waals surface area contributed by atoms with Crippen LogP contribution in [-0.4, -0.2) is 12.2 Å². The molecule has 134 valence electrons. The topological polar surface area (TPSA) is 20.2 Å². The highest BCUT2D eigenvalue weighted by molar-refractivity contribution is 5.98. The molecule has 0 heterocycles. The molecule has 5 aromatic rings. The normalized spacial score (nSPS) is 10.0. The molecule has 0 amide bonds. The molecule has 0 fully saturated rings. The monoisotopic (exact) mass is 352 g/mol. The lowest BCUT2D eigenvalue weighted by Gasteiger charge is -2.00. The number of rotatable bonds is 0. The van der Waals surface area contributed by atoms with Crippen molar-refractivity contribution in [1.29, 1.82) is 0 Å². The Morgan fingerprint density at radius 3 is 1.15 bits per heavy atom. The number of aliphatic hydroxyl groups excluding tert-OH is 1. The van der Waals surface area contributed by atoms with Gasteiger partial charge in [-0.3, -0.25) is 0 Å². The molecule has 0 atom stereocenters. The van der Waals surface area contributed by atoms with Gasteiger partial charge in [0.2, 0.25) is 0 Å². The van der Waals surface area contributed by atoms with E-state index in [9.17, 15) is 0 Å². The van der Waals surface area contributed by atoms with E-state index in [1.54, 1.807) is 0 Å². The minimum Gasteiger partial charge on any atom is -0.400 e. The molecule has 27 heavy (non-hydrogen) atoms. The van der Waals surface area contributed by atoms with Gasteiger partial charge < -0.3 is 5.11 Å². The van der Waals surface area contributed by atoms with Crippen molar-refractivity contribution < 1.29 is 5.11 Å². The fourth-order valence-corrected chi connectivity index (χ4v) is 3.19. The fraction of sp³-hybridized carbons (Fsp3) is 0.0769. The Kier molecular flexibility index (Phi) is 6.19. The second-order valence-corrected chi connectivity index (χ2v) is 6.40. The van der Waals surface area contributed by atoms with Gasteiger partial charge in [-0.1, -0.05) is 96.6 Å². The van der Waals surface area contributed by atoms with Crippen LogP contribution in [0, 0.1) is 6.92 Å². The van der Waals surface area contributed by atoms with Crippen molar-refractivity contribution in [2.45, 2.75) is 6.92 Å². The van der Waals surface area contributed by atoms with Crippen LogP contribution in [0.4, 0.5) is 0 Å². The van der Waals surface area contributed by atoms with Crippen LogP contribution in [0.5, 0.6) is 0 Å². The number of hydrogen-bond acceptors (Lipinski definition) is 1. The lowest BCUT2D eigenvalue weighted by atomic mass is 10.0. The summed E-state index contributed by atoms with van der Waals surface area (Å²) in [5.41, 5.74) is 1.32. The van der Waals surface area contributed by atoms with E-state index in [4.69, 9.17) is 5.11 Å². The van der Waals surface area contributed by atoms with Gasteiger partial charge in [-0.2, -0.15) is 0 Å². The largest absolute Gasteiger partial charge is 0.400 e. The maximum absolute atomic E-state index is 7.00. The minimum atomic E-state index is 1.00. The van der Waals surface area contributed by atoms with E-state index in [1.165, 1.54) is 37.9 Å². The van der Waals surface area contributed by atoms with Crippen molar-refractivity contribution in [1.82, 2.24) is 0 Å². The van der Waals surface area contributed by atoms with Crippen molar-refractivity contribution in [3.63, 3.8) is 0 Å². The Morgan fingerprint density at radius 2 is 0.741 bits per heavy atom. The van der Waals surface area contributed by atoms with Crippen LogP contribution in [-0.2, 0) is 0 Å². The van der Waals surface area contributed by atoms with Crippen molar-refractivity contribution in [2.75, 3.05) is 7.11 Å². The second-order valence-electron chi connectivity index (χ2n) is 6.40. The molecule has 0 radical (unpaired) electrons. The molecule has 0 saturated carbocycles. The maximum Gasteiger partial charge on any atom is 0.0319 e. The average molecular weight is 352 g/mol. The summed E-state index contributed by atoms with van der Waals surface area (Å²) >= 11 is 0. The van der Waals surface area contributed by atoms with E-state index >= 15 is 0 Å². The van der Waals surface area contributed by atoms with Gasteiger partial charge in [-0.05, 0) is 51.4 Å².